The molecule has 0 aromatic heterocycles. The van der Waals surface area contributed by atoms with E-state index < -0.39 is 5.60 Å². The molecular weight excluding hydrogens is 216 g/mol. The molecule has 2 heterocycles. The Labute approximate surface area is 103 Å². The van der Waals surface area contributed by atoms with Gasteiger partial charge in [-0.05, 0) is 52.0 Å². The molecule has 0 saturated carbocycles. The molecule has 2 aliphatic heterocycles. The molecule has 0 aromatic carbocycles. The molecule has 2 aliphatic rings. The Bertz CT molecular complexity index is 267. The van der Waals surface area contributed by atoms with E-state index in [1.54, 1.807) is 0 Å². The van der Waals surface area contributed by atoms with E-state index in [0.717, 1.165) is 25.9 Å². The quantitative estimate of drug-likeness (QED) is 0.775. The molecule has 0 radical (unpaired) electrons. The summed E-state index contributed by atoms with van der Waals surface area (Å²) in [6.45, 7) is 6.61. The van der Waals surface area contributed by atoms with Crippen LogP contribution in [-0.4, -0.2) is 37.2 Å². The molecule has 0 aliphatic carbocycles. The molecule has 2 saturated heterocycles. The van der Waals surface area contributed by atoms with Crippen molar-refractivity contribution in [2.24, 2.45) is 5.92 Å². The van der Waals surface area contributed by atoms with Gasteiger partial charge in [-0.2, -0.15) is 0 Å². The van der Waals surface area contributed by atoms with Crippen LogP contribution in [-0.2, 0) is 9.53 Å². The number of nitrogens with one attached hydrogen (secondary N) is 2. The lowest BCUT2D eigenvalue weighted by molar-refractivity contribution is -0.139. The Balaban J connectivity index is 1.72. The summed E-state index contributed by atoms with van der Waals surface area (Å²) in [5.74, 6) is 0.633. The summed E-state index contributed by atoms with van der Waals surface area (Å²) in [5, 5.41) is 6.50. The van der Waals surface area contributed by atoms with Gasteiger partial charge in [0.1, 0.15) is 5.60 Å². The monoisotopic (exact) mass is 240 g/mol. The highest BCUT2D eigenvalue weighted by Gasteiger charge is 2.37. The lowest BCUT2D eigenvalue weighted by Gasteiger charge is -2.29. The molecule has 98 valence electrons. The summed E-state index contributed by atoms with van der Waals surface area (Å²) in [5.41, 5.74) is -0.574. The summed E-state index contributed by atoms with van der Waals surface area (Å²) in [7, 11) is 0. The third-order valence-electron chi connectivity index (χ3n) is 4.01. The van der Waals surface area contributed by atoms with Crippen LogP contribution in [0.15, 0.2) is 0 Å². The number of amides is 1. The van der Waals surface area contributed by atoms with Crippen LogP contribution < -0.4 is 10.6 Å². The standard InChI is InChI=1S/C13H24N2O2/c1-10-4-5-11(8-14-10)9-15-12(16)13(2)6-3-7-17-13/h10-11,14H,3-9H2,1-2H3,(H,15,16). The smallest absolute Gasteiger partial charge is 0.251 e. The zero-order chi connectivity index (χ0) is 12.3. The fourth-order valence-electron chi connectivity index (χ4n) is 2.61. The molecule has 4 heteroatoms. The molecule has 4 nitrogen and oxygen atoms in total. The number of carbonyl (C=O) groups excluding carboxylic acids is 1. The number of hydrogen-bond donors (Lipinski definition) is 2. The lowest BCUT2D eigenvalue weighted by atomic mass is 9.95. The summed E-state index contributed by atoms with van der Waals surface area (Å²) in [6.07, 6.45) is 4.24. The Kier molecular flexibility index (Phi) is 4.05. The number of hydrogen-bond acceptors (Lipinski definition) is 3. The topological polar surface area (TPSA) is 50.4 Å². The SMILES string of the molecule is CC1CCC(CNC(=O)C2(C)CCCO2)CN1. The van der Waals surface area contributed by atoms with Gasteiger partial charge in [0.15, 0.2) is 0 Å². The van der Waals surface area contributed by atoms with Crippen molar-refractivity contribution >= 4 is 5.91 Å². The first kappa shape index (κ1) is 12.8. The third-order valence-corrected chi connectivity index (χ3v) is 4.01. The molecule has 2 rings (SSSR count). The number of piperidine rings is 1. The second kappa shape index (κ2) is 5.36. The molecule has 3 atom stereocenters. The Morgan fingerprint density at radius 2 is 2.35 bits per heavy atom. The highest BCUT2D eigenvalue weighted by Crippen LogP contribution is 2.25. The van der Waals surface area contributed by atoms with Crippen molar-refractivity contribution < 1.29 is 9.53 Å². The van der Waals surface area contributed by atoms with E-state index >= 15 is 0 Å². The minimum absolute atomic E-state index is 0.0635. The summed E-state index contributed by atoms with van der Waals surface area (Å²) in [6, 6.07) is 0.623. The summed E-state index contributed by atoms with van der Waals surface area (Å²) < 4.78 is 5.53. The van der Waals surface area contributed by atoms with Crippen LogP contribution in [0.25, 0.3) is 0 Å². The molecule has 17 heavy (non-hydrogen) atoms. The third kappa shape index (κ3) is 3.19. The molecule has 1 amide bonds. The maximum Gasteiger partial charge on any atom is 0.251 e. The zero-order valence-electron chi connectivity index (χ0n) is 10.9. The van der Waals surface area contributed by atoms with E-state index in [1.807, 2.05) is 6.92 Å². The summed E-state index contributed by atoms with van der Waals surface area (Å²) >= 11 is 0. The van der Waals surface area contributed by atoms with Gasteiger partial charge in [0.25, 0.3) is 5.91 Å². The van der Waals surface area contributed by atoms with E-state index in [-0.39, 0.29) is 5.91 Å². The fourth-order valence-corrected chi connectivity index (χ4v) is 2.61. The molecule has 0 bridgehead atoms. The van der Waals surface area contributed by atoms with E-state index in [1.165, 1.54) is 12.8 Å². The number of carbonyl (C=O) groups is 1. The molecule has 3 unspecified atom stereocenters. The van der Waals surface area contributed by atoms with Crippen molar-refractivity contribution in [1.82, 2.24) is 10.6 Å². The Hall–Kier alpha value is -0.610. The van der Waals surface area contributed by atoms with Crippen LogP contribution in [0.5, 0.6) is 0 Å². The minimum atomic E-state index is -0.574. The maximum atomic E-state index is 12.0. The predicted octanol–water partition coefficient (Wildman–Crippen LogP) is 1.06. The normalized spacial score (nSPS) is 38.0. The van der Waals surface area contributed by atoms with Gasteiger partial charge in [0.05, 0.1) is 0 Å². The van der Waals surface area contributed by atoms with Gasteiger partial charge >= 0.3 is 0 Å². The van der Waals surface area contributed by atoms with Crippen molar-refractivity contribution in [3.63, 3.8) is 0 Å². The van der Waals surface area contributed by atoms with Gasteiger partial charge in [-0.15, -0.1) is 0 Å². The van der Waals surface area contributed by atoms with E-state index in [4.69, 9.17) is 4.74 Å². The number of rotatable bonds is 3. The van der Waals surface area contributed by atoms with E-state index in [2.05, 4.69) is 17.6 Å². The van der Waals surface area contributed by atoms with Crippen LogP contribution in [0, 0.1) is 5.92 Å². The number of ether oxygens (including phenoxy) is 1. The summed E-state index contributed by atoms with van der Waals surface area (Å²) in [4.78, 5) is 12.0. The van der Waals surface area contributed by atoms with Gasteiger partial charge in [-0.1, -0.05) is 0 Å². The average Bonchev–Trinajstić information content (AvgIpc) is 2.76. The first-order chi connectivity index (χ1) is 8.10. The second-order valence-electron chi connectivity index (χ2n) is 5.65. The Morgan fingerprint density at radius 3 is 2.94 bits per heavy atom. The highest BCUT2D eigenvalue weighted by atomic mass is 16.5. The Morgan fingerprint density at radius 1 is 1.53 bits per heavy atom. The molecule has 2 fully saturated rings. The van der Waals surface area contributed by atoms with E-state index in [0.29, 0.717) is 18.6 Å². The van der Waals surface area contributed by atoms with Crippen molar-refractivity contribution in [2.75, 3.05) is 19.7 Å². The first-order valence-electron chi connectivity index (χ1n) is 6.76. The van der Waals surface area contributed by atoms with Gasteiger partial charge in [-0.25, -0.2) is 0 Å². The largest absolute Gasteiger partial charge is 0.365 e. The minimum Gasteiger partial charge on any atom is -0.365 e. The van der Waals surface area contributed by atoms with Crippen molar-refractivity contribution in [3.8, 4) is 0 Å². The van der Waals surface area contributed by atoms with Gasteiger partial charge < -0.3 is 15.4 Å². The second-order valence-corrected chi connectivity index (χ2v) is 5.65. The van der Waals surface area contributed by atoms with Crippen LogP contribution in [0.4, 0.5) is 0 Å². The highest BCUT2D eigenvalue weighted by molar-refractivity contribution is 5.84. The zero-order valence-corrected chi connectivity index (χ0v) is 10.9. The first-order valence-corrected chi connectivity index (χ1v) is 6.76. The predicted molar refractivity (Wildman–Crippen MR) is 66.8 cm³/mol. The van der Waals surface area contributed by atoms with Crippen molar-refractivity contribution in [1.29, 1.82) is 0 Å². The van der Waals surface area contributed by atoms with E-state index in [9.17, 15) is 4.79 Å². The van der Waals surface area contributed by atoms with Gasteiger partial charge in [0.2, 0.25) is 0 Å². The van der Waals surface area contributed by atoms with Crippen molar-refractivity contribution in [3.05, 3.63) is 0 Å². The van der Waals surface area contributed by atoms with Crippen LogP contribution in [0.2, 0.25) is 0 Å². The fraction of sp³-hybridized carbons (Fsp3) is 0.923. The van der Waals surface area contributed by atoms with Crippen molar-refractivity contribution in [2.45, 2.75) is 51.2 Å². The molecule has 0 aromatic rings. The van der Waals surface area contributed by atoms with Crippen LogP contribution in [0.3, 0.4) is 0 Å². The van der Waals surface area contributed by atoms with Gasteiger partial charge in [-0.3, -0.25) is 4.79 Å². The van der Waals surface area contributed by atoms with Crippen LogP contribution in [0.1, 0.15) is 39.5 Å². The molecule has 0 spiro atoms. The van der Waals surface area contributed by atoms with Crippen LogP contribution >= 0.6 is 0 Å². The average molecular weight is 240 g/mol. The lowest BCUT2D eigenvalue weighted by Crippen LogP contribution is -2.48. The van der Waals surface area contributed by atoms with Gasteiger partial charge in [0, 0.05) is 19.2 Å². The molecule has 2 N–H and O–H groups in total. The molecular formula is C13H24N2O2. The maximum absolute atomic E-state index is 12.0.